The van der Waals surface area contributed by atoms with Crippen molar-refractivity contribution in [3.63, 3.8) is 0 Å². The van der Waals surface area contributed by atoms with Crippen LogP contribution in [0.1, 0.15) is 20.8 Å². The molecule has 2 unspecified atom stereocenters. The molecule has 0 saturated carbocycles. The number of guanidine groups is 1. The Morgan fingerprint density at radius 1 is 1.17 bits per heavy atom. The summed E-state index contributed by atoms with van der Waals surface area (Å²) in [5.41, 5.74) is 0. The fraction of sp³-hybridized carbons (Fsp3) is 0.941. The lowest BCUT2D eigenvalue weighted by molar-refractivity contribution is 0.119. The molecule has 1 N–H and O–H groups in total. The molecule has 2 heterocycles. The summed E-state index contributed by atoms with van der Waals surface area (Å²) in [7, 11) is 4.12. The Kier molecular flexibility index (Phi) is 7.50. The molecule has 6 heteroatoms. The Morgan fingerprint density at radius 3 is 2.48 bits per heavy atom. The molecule has 0 bridgehead atoms. The van der Waals surface area contributed by atoms with Gasteiger partial charge in [0.15, 0.2) is 5.96 Å². The van der Waals surface area contributed by atoms with Crippen LogP contribution in [0.2, 0.25) is 0 Å². The molecule has 0 aromatic carbocycles. The summed E-state index contributed by atoms with van der Waals surface area (Å²) in [4.78, 5) is 12.0. The maximum atomic E-state index is 4.53. The van der Waals surface area contributed by atoms with E-state index in [2.05, 4.69) is 64.6 Å². The third-order valence-electron chi connectivity index (χ3n) is 5.07. The smallest absolute Gasteiger partial charge is 0.193 e. The van der Waals surface area contributed by atoms with Crippen molar-refractivity contribution >= 4 is 17.7 Å². The monoisotopic (exact) mass is 341 g/mol. The second kappa shape index (κ2) is 9.14. The summed E-state index contributed by atoms with van der Waals surface area (Å²) in [5, 5.41) is 4.34. The molecule has 0 spiro atoms. The van der Waals surface area contributed by atoms with E-state index in [1.54, 1.807) is 0 Å². The Morgan fingerprint density at radius 2 is 1.87 bits per heavy atom. The van der Waals surface area contributed by atoms with E-state index in [0.29, 0.717) is 6.04 Å². The van der Waals surface area contributed by atoms with Crippen molar-refractivity contribution in [2.75, 3.05) is 65.7 Å². The molecular weight excluding hydrogens is 306 g/mol. The van der Waals surface area contributed by atoms with Crippen LogP contribution in [0.25, 0.3) is 0 Å². The van der Waals surface area contributed by atoms with Crippen LogP contribution in [0.5, 0.6) is 0 Å². The van der Waals surface area contributed by atoms with E-state index in [4.69, 9.17) is 0 Å². The molecular formula is C17H35N5S. The Labute approximate surface area is 146 Å². The molecule has 2 fully saturated rings. The summed E-state index contributed by atoms with van der Waals surface area (Å²) >= 11 is 2.11. The van der Waals surface area contributed by atoms with Gasteiger partial charge in [-0.3, -0.25) is 9.89 Å². The van der Waals surface area contributed by atoms with Crippen molar-refractivity contribution in [1.29, 1.82) is 0 Å². The summed E-state index contributed by atoms with van der Waals surface area (Å²) < 4.78 is 0. The van der Waals surface area contributed by atoms with Gasteiger partial charge in [-0.2, -0.15) is 11.8 Å². The molecule has 0 aromatic rings. The molecule has 0 amide bonds. The van der Waals surface area contributed by atoms with Crippen LogP contribution in [0.3, 0.4) is 0 Å². The summed E-state index contributed by atoms with van der Waals surface area (Å²) in [5.74, 6) is 3.01. The van der Waals surface area contributed by atoms with Gasteiger partial charge in [-0.25, -0.2) is 0 Å². The molecule has 0 radical (unpaired) electrons. The van der Waals surface area contributed by atoms with Gasteiger partial charge in [0.1, 0.15) is 0 Å². The molecule has 2 atom stereocenters. The van der Waals surface area contributed by atoms with Gasteiger partial charge < -0.3 is 15.1 Å². The first-order valence-corrected chi connectivity index (χ1v) is 10.1. The van der Waals surface area contributed by atoms with Crippen LogP contribution in [0, 0.1) is 5.92 Å². The number of piperazine rings is 1. The third-order valence-corrected chi connectivity index (χ3v) is 6.61. The summed E-state index contributed by atoms with van der Waals surface area (Å²) in [6.07, 6.45) is 0. The van der Waals surface area contributed by atoms with Crippen LogP contribution in [0.4, 0.5) is 0 Å². The quantitative estimate of drug-likeness (QED) is 0.615. The highest BCUT2D eigenvalue weighted by atomic mass is 32.2. The van der Waals surface area contributed by atoms with Gasteiger partial charge in [-0.15, -0.1) is 0 Å². The lowest BCUT2D eigenvalue weighted by Crippen LogP contribution is -2.54. The van der Waals surface area contributed by atoms with Gasteiger partial charge in [0.05, 0.1) is 0 Å². The van der Waals surface area contributed by atoms with Crippen molar-refractivity contribution in [1.82, 2.24) is 20.0 Å². The van der Waals surface area contributed by atoms with Crippen molar-refractivity contribution < 1.29 is 0 Å². The van der Waals surface area contributed by atoms with E-state index in [1.807, 2.05) is 7.05 Å². The van der Waals surface area contributed by atoms with Gasteiger partial charge in [0.25, 0.3) is 0 Å². The van der Waals surface area contributed by atoms with E-state index in [1.165, 1.54) is 31.9 Å². The SMILES string of the molecule is CN=C(NCC(C)N1CCN(C)CC1)N1CCSC(C(C)C)C1. The number of hydrogen-bond donors (Lipinski definition) is 1. The first kappa shape index (κ1) is 18.9. The molecule has 2 saturated heterocycles. The van der Waals surface area contributed by atoms with Gasteiger partial charge in [0.2, 0.25) is 0 Å². The lowest BCUT2D eigenvalue weighted by Gasteiger charge is -2.38. The second-order valence-electron chi connectivity index (χ2n) is 7.22. The number of nitrogens with one attached hydrogen (secondary N) is 1. The lowest BCUT2D eigenvalue weighted by atomic mass is 10.1. The summed E-state index contributed by atoms with van der Waals surface area (Å²) in [6, 6.07) is 0.556. The average molecular weight is 342 g/mol. The Bertz CT molecular complexity index is 379. The zero-order valence-corrected chi connectivity index (χ0v) is 16.4. The number of aliphatic imine (C=N–C) groups is 1. The molecule has 0 aromatic heterocycles. The zero-order chi connectivity index (χ0) is 16.8. The highest BCUT2D eigenvalue weighted by Gasteiger charge is 2.25. The van der Waals surface area contributed by atoms with Crippen LogP contribution >= 0.6 is 11.8 Å². The zero-order valence-electron chi connectivity index (χ0n) is 15.6. The van der Waals surface area contributed by atoms with Gasteiger partial charge in [-0.05, 0) is 19.9 Å². The minimum absolute atomic E-state index is 0.556. The largest absolute Gasteiger partial charge is 0.355 e. The fourth-order valence-corrected chi connectivity index (χ4v) is 4.53. The normalized spacial score (nSPS) is 26.6. The van der Waals surface area contributed by atoms with Crippen molar-refractivity contribution in [2.24, 2.45) is 10.9 Å². The van der Waals surface area contributed by atoms with Gasteiger partial charge >= 0.3 is 0 Å². The molecule has 2 aliphatic heterocycles. The first-order valence-electron chi connectivity index (χ1n) is 9.01. The maximum Gasteiger partial charge on any atom is 0.193 e. The van der Waals surface area contributed by atoms with Crippen molar-refractivity contribution in [3.05, 3.63) is 0 Å². The van der Waals surface area contributed by atoms with E-state index < -0.39 is 0 Å². The van der Waals surface area contributed by atoms with Crippen LogP contribution < -0.4 is 5.32 Å². The number of rotatable bonds is 4. The van der Waals surface area contributed by atoms with Crippen LogP contribution in [0.15, 0.2) is 4.99 Å². The van der Waals surface area contributed by atoms with Gasteiger partial charge in [0, 0.05) is 69.9 Å². The van der Waals surface area contributed by atoms with Gasteiger partial charge in [-0.1, -0.05) is 13.8 Å². The van der Waals surface area contributed by atoms with E-state index in [9.17, 15) is 0 Å². The number of hydrogen-bond acceptors (Lipinski definition) is 4. The Balaban J connectivity index is 1.80. The highest BCUT2D eigenvalue weighted by Crippen LogP contribution is 2.24. The molecule has 134 valence electrons. The third kappa shape index (κ3) is 5.54. The van der Waals surface area contributed by atoms with E-state index in [-0.39, 0.29) is 0 Å². The Hall–Kier alpha value is -0.460. The topological polar surface area (TPSA) is 34.1 Å². The minimum Gasteiger partial charge on any atom is -0.355 e. The fourth-order valence-electron chi connectivity index (χ4n) is 3.23. The predicted octanol–water partition coefficient (Wildman–Crippen LogP) is 1.27. The minimum atomic E-state index is 0.556. The van der Waals surface area contributed by atoms with E-state index in [0.717, 1.165) is 36.8 Å². The molecule has 2 rings (SSSR count). The standard InChI is InChI=1S/C17H35N5S/c1-14(2)16-13-22(10-11-23-16)17(18-4)19-12-15(3)21-8-6-20(5)7-9-21/h14-16H,6-13H2,1-5H3,(H,18,19). The molecule has 2 aliphatic rings. The first-order chi connectivity index (χ1) is 11.0. The second-order valence-corrected chi connectivity index (χ2v) is 8.56. The maximum absolute atomic E-state index is 4.53. The predicted molar refractivity (Wildman–Crippen MR) is 103 cm³/mol. The highest BCUT2D eigenvalue weighted by molar-refractivity contribution is 8.00. The molecule has 0 aliphatic carbocycles. The van der Waals surface area contributed by atoms with Crippen molar-refractivity contribution in [3.8, 4) is 0 Å². The number of nitrogens with zero attached hydrogens (tertiary/aromatic N) is 4. The molecule has 5 nitrogen and oxygen atoms in total. The van der Waals surface area contributed by atoms with E-state index >= 15 is 0 Å². The summed E-state index contributed by atoms with van der Waals surface area (Å²) in [6.45, 7) is 14.9. The number of thioether (sulfide) groups is 1. The van der Waals surface area contributed by atoms with Crippen LogP contribution in [-0.4, -0.2) is 97.6 Å². The van der Waals surface area contributed by atoms with Crippen molar-refractivity contribution in [2.45, 2.75) is 32.1 Å². The molecule has 23 heavy (non-hydrogen) atoms. The average Bonchev–Trinajstić information content (AvgIpc) is 2.56. The van der Waals surface area contributed by atoms with Crippen LogP contribution in [-0.2, 0) is 0 Å². The number of likely N-dealkylation sites (N-methyl/N-ethyl adjacent to an activating group) is 1.